The number of amidine groups is 1. The van der Waals surface area contributed by atoms with Crippen LogP contribution >= 0.6 is 11.8 Å². The first-order valence-electron chi connectivity index (χ1n) is 2.85. The fourth-order valence-electron chi connectivity index (χ4n) is 0.355. The molecule has 0 aliphatic heterocycles. The van der Waals surface area contributed by atoms with Gasteiger partial charge in [0, 0.05) is 11.8 Å². The van der Waals surface area contributed by atoms with Gasteiger partial charge in [-0.1, -0.05) is 11.8 Å². The fourth-order valence-corrected chi connectivity index (χ4v) is 1.06. The number of hydrogen-bond acceptors (Lipinski definition) is 3. The molecule has 0 aromatic rings. The third kappa shape index (κ3) is 7.78. The Morgan fingerprint density at radius 2 is 2.33 bits per heavy atom. The summed E-state index contributed by atoms with van der Waals surface area (Å²) in [5.74, 6) is 0.854. The zero-order valence-electron chi connectivity index (χ0n) is 5.55. The van der Waals surface area contributed by atoms with Crippen molar-refractivity contribution >= 4 is 16.9 Å². The van der Waals surface area contributed by atoms with Crippen LogP contribution in [0.4, 0.5) is 0 Å². The highest BCUT2D eigenvalue weighted by Crippen LogP contribution is 2.01. The van der Waals surface area contributed by atoms with Crippen molar-refractivity contribution in [2.45, 2.75) is 19.4 Å². The summed E-state index contributed by atoms with van der Waals surface area (Å²) in [6.45, 7) is 1.95. The van der Waals surface area contributed by atoms with Gasteiger partial charge in [-0.2, -0.15) is 0 Å². The molecule has 0 radical (unpaired) electrons. The second-order valence-corrected chi connectivity index (χ2v) is 3.12. The van der Waals surface area contributed by atoms with Crippen molar-refractivity contribution in [1.29, 1.82) is 5.41 Å². The summed E-state index contributed by atoms with van der Waals surface area (Å²) in [7, 11) is 0. The van der Waals surface area contributed by atoms with Crippen LogP contribution in [0.15, 0.2) is 0 Å². The maximum atomic E-state index is 6.84. The third-order valence-corrected chi connectivity index (χ3v) is 1.58. The molecule has 54 valence electrons. The maximum absolute atomic E-state index is 6.84. The van der Waals surface area contributed by atoms with Gasteiger partial charge in [0.05, 0.1) is 0 Å². The Bertz CT molecular complexity index is 92.2. The van der Waals surface area contributed by atoms with Gasteiger partial charge in [0.2, 0.25) is 0 Å². The van der Waals surface area contributed by atoms with Crippen molar-refractivity contribution in [3.8, 4) is 0 Å². The van der Waals surface area contributed by atoms with E-state index in [-0.39, 0.29) is 11.2 Å². The van der Waals surface area contributed by atoms with Crippen LogP contribution in [0.25, 0.3) is 0 Å². The minimum Gasteiger partial charge on any atom is -0.379 e. The molecule has 0 bridgehead atoms. The molecule has 1 unspecified atom stereocenters. The van der Waals surface area contributed by atoms with Gasteiger partial charge in [0.25, 0.3) is 0 Å². The standard InChI is InChI=1S/C5H13N3S/c1-4(6)2-3-9-5(7)8/h4H,2-3,6H2,1H3,(H3,7,8). The molecular weight excluding hydrogens is 134 g/mol. The van der Waals surface area contributed by atoms with E-state index in [1.54, 1.807) is 0 Å². The molecule has 0 heterocycles. The van der Waals surface area contributed by atoms with E-state index >= 15 is 0 Å². The average molecular weight is 147 g/mol. The molecule has 0 aliphatic rings. The predicted octanol–water partition coefficient (Wildman–Crippen LogP) is 0.350. The minimum atomic E-state index is 0.177. The van der Waals surface area contributed by atoms with Crippen LogP contribution in [0.3, 0.4) is 0 Å². The van der Waals surface area contributed by atoms with E-state index in [1.165, 1.54) is 11.8 Å². The van der Waals surface area contributed by atoms with Crippen LogP contribution in [0.1, 0.15) is 13.3 Å². The number of rotatable bonds is 3. The molecule has 0 saturated carbocycles. The molecule has 0 aliphatic carbocycles. The van der Waals surface area contributed by atoms with Crippen LogP contribution in [0.5, 0.6) is 0 Å². The minimum absolute atomic E-state index is 0.177. The van der Waals surface area contributed by atoms with Gasteiger partial charge in [0.15, 0.2) is 5.17 Å². The van der Waals surface area contributed by atoms with E-state index < -0.39 is 0 Å². The van der Waals surface area contributed by atoms with E-state index in [2.05, 4.69) is 0 Å². The summed E-state index contributed by atoms with van der Waals surface area (Å²) < 4.78 is 0. The first-order valence-corrected chi connectivity index (χ1v) is 3.84. The summed E-state index contributed by atoms with van der Waals surface area (Å²) in [4.78, 5) is 0. The van der Waals surface area contributed by atoms with Crippen molar-refractivity contribution in [2.24, 2.45) is 11.5 Å². The molecule has 5 N–H and O–H groups in total. The smallest absolute Gasteiger partial charge is 0.151 e. The van der Waals surface area contributed by atoms with Gasteiger partial charge in [0.1, 0.15) is 0 Å². The topological polar surface area (TPSA) is 75.9 Å². The Morgan fingerprint density at radius 3 is 2.67 bits per heavy atom. The summed E-state index contributed by atoms with van der Waals surface area (Å²) in [6, 6.07) is 0.219. The highest BCUT2D eigenvalue weighted by atomic mass is 32.2. The van der Waals surface area contributed by atoms with Crippen molar-refractivity contribution in [2.75, 3.05) is 5.75 Å². The summed E-state index contributed by atoms with van der Waals surface area (Å²) in [5.41, 5.74) is 10.5. The highest BCUT2D eigenvalue weighted by Gasteiger charge is 1.94. The van der Waals surface area contributed by atoms with Gasteiger partial charge in [-0.25, -0.2) is 0 Å². The van der Waals surface area contributed by atoms with Crippen molar-refractivity contribution in [3.05, 3.63) is 0 Å². The molecule has 0 aromatic heterocycles. The molecule has 0 aromatic carbocycles. The average Bonchev–Trinajstić information content (AvgIpc) is 1.63. The van der Waals surface area contributed by atoms with Gasteiger partial charge >= 0.3 is 0 Å². The lowest BCUT2D eigenvalue weighted by Crippen LogP contribution is -2.16. The predicted molar refractivity (Wildman–Crippen MR) is 42.6 cm³/mol. The van der Waals surface area contributed by atoms with Crippen molar-refractivity contribution < 1.29 is 0 Å². The first-order chi connectivity index (χ1) is 4.13. The normalized spacial score (nSPS) is 13.1. The van der Waals surface area contributed by atoms with Crippen molar-refractivity contribution in [3.63, 3.8) is 0 Å². The highest BCUT2D eigenvalue weighted by molar-refractivity contribution is 8.13. The molecule has 0 rings (SSSR count). The Hall–Kier alpha value is -0.220. The van der Waals surface area contributed by atoms with Crippen LogP contribution in [-0.4, -0.2) is 17.0 Å². The zero-order valence-corrected chi connectivity index (χ0v) is 6.37. The van der Waals surface area contributed by atoms with Gasteiger partial charge in [-0.15, -0.1) is 0 Å². The molecule has 1 atom stereocenters. The molecule has 4 heteroatoms. The largest absolute Gasteiger partial charge is 0.379 e. The second kappa shape index (κ2) is 4.64. The monoisotopic (exact) mass is 147 g/mol. The zero-order chi connectivity index (χ0) is 7.28. The van der Waals surface area contributed by atoms with Crippen LogP contribution in [-0.2, 0) is 0 Å². The number of nitrogens with one attached hydrogen (secondary N) is 1. The maximum Gasteiger partial charge on any atom is 0.151 e. The van der Waals surface area contributed by atoms with E-state index in [4.69, 9.17) is 16.9 Å². The second-order valence-electron chi connectivity index (χ2n) is 1.98. The van der Waals surface area contributed by atoms with Crippen LogP contribution < -0.4 is 11.5 Å². The summed E-state index contributed by atoms with van der Waals surface area (Å²) >= 11 is 1.34. The van der Waals surface area contributed by atoms with Crippen molar-refractivity contribution in [1.82, 2.24) is 0 Å². The molecule has 0 saturated heterocycles. The SMILES string of the molecule is CC(N)CCSC(=N)N. The number of nitrogens with two attached hydrogens (primary N) is 2. The Morgan fingerprint density at radius 1 is 1.78 bits per heavy atom. The molecule has 0 spiro atoms. The molecular formula is C5H13N3S. The summed E-state index contributed by atoms with van der Waals surface area (Å²) in [6.07, 6.45) is 0.921. The Kier molecular flexibility index (Phi) is 4.53. The van der Waals surface area contributed by atoms with E-state index in [0.717, 1.165) is 12.2 Å². The fraction of sp³-hybridized carbons (Fsp3) is 0.800. The van der Waals surface area contributed by atoms with Gasteiger partial charge < -0.3 is 11.5 Å². The summed E-state index contributed by atoms with van der Waals surface area (Å²) in [5, 5.41) is 7.02. The van der Waals surface area contributed by atoms with Crippen LogP contribution in [0.2, 0.25) is 0 Å². The quantitative estimate of drug-likeness (QED) is 0.398. The lowest BCUT2D eigenvalue weighted by Gasteiger charge is -2.01. The molecule has 0 fully saturated rings. The lowest BCUT2D eigenvalue weighted by molar-refractivity contribution is 0.722. The molecule has 9 heavy (non-hydrogen) atoms. The van der Waals surface area contributed by atoms with E-state index in [1.807, 2.05) is 6.92 Å². The Balaban J connectivity index is 3.01. The van der Waals surface area contributed by atoms with Gasteiger partial charge in [-0.3, -0.25) is 5.41 Å². The van der Waals surface area contributed by atoms with E-state index in [9.17, 15) is 0 Å². The molecule has 3 nitrogen and oxygen atoms in total. The molecule has 0 amide bonds. The number of thioether (sulfide) groups is 1. The lowest BCUT2D eigenvalue weighted by atomic mass is 10.3. The van der Waals surface area contributed by atoms with Crippen LogP contribution in [0, 0.1) is 5.41 Å². The first kappa shape index (κ1) is 8.78. The van der Waals surface area contributed by atoms with Gasteiger partial charge in [-0.05, 0) is 13.3 Å². The Labute approximate surface area is 59.7 Å². The van der Waals surface area contributed by atoms with E-state index in [0.29, 0.717) is 0 Å². The number of hydrogen-bond donors (Lipinski definition) is 3. The third-order valence-electron chi connectivity index (χ3n) is 0.831.